The number of benzene rings is 1. The zero-order valence-electron chi connectivity index (χ0n) is 9.45. The Morgan fingerprint density at radius 1 is 1.16 bits per heavy atom. The number of hydrogen-bond donors (Lipinski definition) is 1. The SMILES string of the molecule is ON=CCOc1c(Cl)cc(OCC=C(Cl)Cl)cc1Cl. The molecule has 1 aromatic rings. The van der Waals surface area contributed by atoms with Gasteiger partial charge in [0.05, 0.1) is 16.3 Å². The lowest BCUT2D eigenvalue weighted by molar-refractivity contribution is 0.312. The van der Waals surface area contributed by atoms with Crippen molar-refractivity contribution in [3.8, 4) is 11.5 Å². The minimum absolute atomic E-state index is 0.0424. The Hall–Kier alpha value is -0.810. The minimum atomic E-state index is 0.0424. The van der Waals surface area contributed by atoms with Crippen LogP contribution in [0.25, 0.3) is 0 Å². The summed E-state index contributed by atoms with van der Waals surface area (Å²) in [5.74, 6) is 0.727. The number of rotatable bonds is 6. The highest BCUT2D eigenvalue weighted by atomic mass is 35.5. The Morgan fingerprint density at radius 2 is 1.79 bits per heavy atom. The van der Waals surface area contributed by atoms with Crippen molar-refractivity contribution in [3.05, 3.63) is 32.7 Å². The second kappa shape index (κ2) is 8.38. The van der Waals surface area contributed by atoms with Crippen molar-refractivity contribution in [1.82, 2.24) is 0 Å². The van der Waals surface area contributed by atoms with Crippen molar-refractivity contribution in [2.24, 2.45) is 5.16 Å². The molecule has 0 aromatic heterocycles. The predicted molar refractivity (Wildman–Crippen MR) is 77.5 cm³/mol. The Kier molecular flexibility index (Phi) is 7.16. The monoisotopic (exact) mass is 343 g/mol. The molecule has 0 atom stereocenters. The van der Waals surface area contributed by atoms with E-state index in [2.05, 4.69) is 5.16 Å². The van der Waals surface area contributed by atoms with E-state index < -0.39 is 0 Å². The highest BCUT2D eigenvalue weighted by Gasteiger charge is 2.10. The molecule has 1 N–H and O–H groups in total. The molecule has 0 aliphatic heterocycles. The first-order valence-corrected chi connectivity index (χ1v) is 6.47. The van der Waals surface area contributed by atoms with Crippen LogP contribution in [0.3, 0.4) is 0 Å². The molecule has 104 valence electrons. The zero-order valence-corrected chi connectivity index (χ0v) is 12.5. The molecular weight excluding hydrogens is 336 g/mol. The minimum Gasteiger partial charge on any atom is -0.489 e. The second-order valence-electron chi connectivity index (χ2n) is 3.13. The lowest BCUT2D eigenvalue weighted by Gasteiger charge is -2.10. The molecule has 0 unspecified atom stereocenters. The maximum Gasteiger partial charge on any atom is 0.157 e. The molecule has 0 aliphatic rings. The van der Waals surface area contributed by atoms with Crippen LogP contribution in [0.5, 0.6) is 11.5 Å². The molecule has 0 aliphatic carbocycles. The van der Waals surface area contributed by atoms with Crippen LogP contribution in [0.4, 0.5) is 0 Å². The van der Waals surface area contributed by atoms with Gasteiger partial charge in [0.1, 0.15) is 23.5 Å². The van der Waals surface area contributed by atoms with Crippen molar-refractivity contribution in [1.29, 1.82) is 0 Å². The van der Waals surface area contributed by atoms with Crippen molar-refractivity contribution < 1.29 is 14.7 Å². The van der Waals surface area contributed by atoms with Crippen LogP contribution in [0, 0.1) is 0 Å². The van der Waals surface area contributed by atoms with Gasteiger partial charge in [-0.2, -0.15) is 0 Å². The molecule has 8 heteroatoms. The molecular formula is C11H9Cl4NO3. The fourth-order valence-corrected chi connectivity index (χ4v) is 1.81. The summed E-state index contributed by atoms with van der Waals surface area (Å²) < 4.78 is 10.7. The summed E-state index contributed by atoms with van der Waals surface area (Å²) in [6.45, 7) is 0.229. The predicted octanol–water partition coefficient (Wildman–Crippen LogP) is 4.53. The molecule has 1 aromatic carbocycles. The summed E-state index contributed by atoms with van der Waals surface area (Å²) in [7, 11) is 0. The maximum atomic E-state index is 8.25. The van der Waals surface area contributed by atoms with E-state index in [0.29, 0.717) is 5.75 Å². The van der Waals surface area contributed by atoms with E-state index in [4.69, 9.17) is 61.1 Å². The molecule has 0 heterocycles. The van der Waals surface area contributed by atoms with Gasteiger partial charge in [-0.3, -0.25) is 0 Å². The topological polar surface area (TPSA) is 51.1 Å². The summed E-state index contributed by atoms with van der Waals surface area (Å²) >= 11 is 22.9. The van der Waals surface area contributed by atoms with Crippen molar-refractivity contribution in [2.75, 3.05) is 13.2 Å². The van der Waals surface area contributed by atoms with Crippen LogP contribution in [0.2, 0.25) is 10.0 Å². The van der Waals surface area contributed by atoms with Crippen LogP contribution >= 0.6 is 46.4 Å². The molecule has 4 nitrogen and oxygen atoms in total. The molecule has 0 fully saturated rings. The van der Waals surface area contributed by atoms with E-state index in [0.717, 1.165) is 6.21 Å². The highest BCUT2D eigenvalue weighted by molar-refractivity contribution is 6.55. The van der Waals surface area contributed by atoms with Crippen LogP contribution in [-0.2, 0) is 0 Å². The lowest BCUT2D eigenvalue weighted by Crippen LogP contribution is -2.00. The largest absolute Gasteiger partial charge is 0.489 e. The number of ether oxygens (including phenoxy) is 2. The van der Waals surface area contributed by atoms with Gasteiger partial charge in [0.25, 0.3) is 0 Å². The molecule has 0 saturated heterocycles. The van der Waals surface area contributed by atoms with Gasteiger partial charge in [-0.25, -0.2) is 0 Å². The number of hydrogen-bond acceptors (Lipinski definition) is 4. The van der Waals surface area contributed by atoms with Crippen molar-refractivity contribution in [2.45, 2.75) is 0 Å². The maximum absolute atomic E-state index is 8.25. The van der Waals surface area contributed by atoms with E-state index in [9.17, 15) is 0 Å². The van der Waals surface area contributed by atoms with Gasteiger partial charge in [0.15, 0.2) is 5.75 Å². The Morgan fingerprint density at radius 3 is 2.32 bits per heavy atom. The third-order valence-corrected chi connectivity index (χ3v) is 2.71. The zero-order chi connectivity index (χ0) is 14.3. The fraction of sp³-hybridized carbons (Fsp3) is 0.182. The third kappa shape index (κ3) is 5.78. The van der Waals surface area contributed by atoms with Crippen LogP contribution in [0.15, 0.2) is 27.9 Å². The summed E-state index contributed by atoms with van der Waals surface area (Å²) in [5, 5.41) is 11.6. The van der Waals surface area contributed by atoms with Gasteiger partial charge in [0.2, 0.25) is 0 Å². The highest BCUT2D eigenvalue weighted by Crippen LogP contribution is 2.36. The summed E-state index contributed by atoms with van der Waals surface area (Å²) in [6, 6.07) is 3.07. The average Bonchev–Trinajstić information content (AvgIpc) is 2.32. The molecule has 0 spiro atoms. The first-order chi connectivity index (χ1) is 9.04. The van der Waals surface area contributed by atoms with Crippen LogP contribution < -0.4 is 9.47 Å². The average molecular weight is 345 g/mol. The molecule has 1 rings (SSSR count). The van der Waals surface area contributed by atoms with Gasteiger partial charge >= 0.3 is 0 Å². The van der Waals surface area contributed by atoms with Gasteiger partial charge in [-0.1, -0.05) is 51.6 Å². The second-order valence-corrected chi connectivity index (χ2v) is 4.95. The van der Waals surface area contributed by atoms with Gasteiger partial charge < -0.3 is 14.7 Å². The van der Waals surface area contributed by atoms with Gasteiger partial charge in [0, 0.05) is 12.1 Å². The first-order valence-electron chi connectivity index (χ1n) is 4.96. The van der Waals surface area contributed by atoms with Gasteiger partial charge in [-0.05, 0) is 6.08 Å². The van der Waals surface area contributed by atoms with E-state index in [-0.39, 0.29) is 33.5 Å². The van der Waals surface area contributed by atoms with E-state index in [1.165, 1.54) is 18.2 Å². The van der Waals surface area contributed by atoms with E-state index >= 15 is 0 Å². The smallest absolute Gasteiger partial charge is 0.157 e. The normalized spacial score (nSPS) is 10.5. The number of nitrogens with zero attached hydrogens (tertiary/aromatic N) is 1. The number of halogens is 4. The van der Waals surface area contributed by atoms with E-state index in [1.807, 2.05) is 0 Å². The van der Waals surface area contributed by atoms with Crippen molar-refractivity contribution in [3.63, 3.8) is 0 Å². The van der Waals surface area contributed by atoms with Gasteiger partial charge in [-0.15, -0.1) is 0 Å². The fourth-order valence-electron chi connectivity index (χ4n) is 1.11. The summed E-state index contributed by atoms with van der Waals surface area (Å²) in [4.78, 5) is 0. The lowest BCUT2D eigenvalue weighted by atomic mass is 10.3. The Bertz CT molecular complexity index is 464. The Balaban J connectivity index is 2.75. The van der Waals surface area contributed by atoms with Crippen molar-refractivity contribution >= 4 is 52.6 Å². The molecule has 19 heavy (non-hydrogen) atoms. The molecule has 0 saturated carbocycles. The van der Waals surface area contributed by atoms with Crippen LogP contribution in [-0.4, -0.2) is 24.6 Å². The molecule has 0 amide bonds. The van der Waals surface area contributed by atoms with E-state index in [1.54, 1.807) is 0 Å². The first kappa shape index (κ1) is 16.2. The quantitative estimate of drug-likeness (QED) is 0.468. The van der Waals surface area contributed by atoms with Crippen LogP contribution in [0.1, 0.15) is 0 Å². The third-order valence-electron chi connectivity index (χ3n) is 1.84. The summed E-state index contributed by atoms with van der Waals surface area (Å²) in [6.07, 6.45) is 2.64. The number of oxime groups is 1. The standard InChI is InChI=1S/C11H9Cl4NO3/c12-8-5-7(18-3-1-10(14)15)6-9(13)11(8)19-4-2-16-17/h1-2,5-6,17H,3-4H2. The Labute approximate surface area is 130 Å². The molecule has 0 bridgehead atoms. The summed E-state index contributed by atoms with van der Waals surface area (Å²) in [5.41, 5.74) is 0. The molecule has 0 radical (unpaired) electrons.